The van der Waals surface area contributed by atoms with Gasteiger partial charge >= 0.3 is 11.8 Å². The van der Waals surface area contributed by atoms with Crippen molar-refractivity contribution in [2.45, 2.75) is 98.4 Å². The molecule has 0 saturated carbocycles. The van der Waals surface area contributed by atoms with Gasteiger partial charge in [0.25, 0.3) is 5.56 Å². The maximum Gasteiger partial charge on any atom is 0.407 e. The maximum absolute atomic E-state index is 14.0. The molecule has 5 rings (SSSR count). The summed E-state index contributed by atoms with van der Waals surface area (Å²) in [5.41, 5.74) is 2.15. The van der Waals surface area contributed by atoms with Crippen LogP contribution in [-0.2, 0) is 37.7 Å². The summed E-state index contributed by atoms with van der Waals surface area (Å²) >= 11 is 0. The van der Waals surface area contributed by atoms with Gasteiger partial charge in [0.2, 0.25) is 5.95 Å². The van der Waals surface area contributed by atoms with Crippen LogP contribution in [-0.4, -0.2) is 59.5 Å². The zero-order valence-electron chi connectivity index (χ0n) is 26.3. The molecular weight excluding hydrogens is 548 g/mol. The van der Waals surface area contributed by atoms with E-state index in [2.05, 4.69) is 29.1 Å². The van der Waals surface area contributed by atoms with E-state index in [0.717, 1.165) is 43.5 Å². The number of rotatable bonds is 5. The number of aryl methyl sites for hydroxylation is 2. The van der Waals surface area contributed by atoms with Crippen molar-refractivity contribution in [3.8, 4) is 11.8 Å². The first-order valence-corrected chi connectivity index (χ1v) is 15.1. The van der Waals surface area contributed by atoms with Crippen LogP contribution in [0.5, 0.6) is 0 Å². The zero-order chi connectivity index (χ0) is 31.1. The minimum Gasteiger partial charge on any atom is -0.444 e. The molecule has 0 spiro atoms. The van der Waals surface area contributed by atoms with Gasteiger partial charge in [0.1, 0.15) is 11.4 Å². The number of imidazole rings is 1. The van der Waals surface area contributed by atoms with Gasteiger partial charge in [-0.2, -0.15) is 4.98 Å². The highest BCUT2D eigenvalue weighted by atomic mass is 16.6. The van der Waals surface area contributed by atoms with Crippen LogP contribution in [0.15, 0.2) is 9.59 Å². The lowest BCUT2D eigenvalue weighted by atomic mass is 9.87. The topological polar surface area (TPSA) is 129 Å². The Morgan fingerprint density at radius 1 is 1.14 bits per heavy atom. The van der Waals surface area contributed by atoms with E-state index < -0.39 is 22.9 Å². The number of nitrogens with zero attached hydrogens (tertiary/aromatic N) is 7. The fourth-order valence-corrected chi connectivity index (χ4v) is 6.05. The van der Waals surface area contributed by atoms with Gasteiger partial charge in [-0.05, 0) is 78.2 Å². The van der Waals surface area contributed by atoms with Gasteiger partial charge in [0, 0.05) is 37.6 Å². The molecule has 12 heteroatoms. The summed E-state index contributed by atoms with van der Waals surface area (Å²) in [5, 5.41) is 2.97. The van der Waals surface area contributed by atoms with Crippen molar-refractivity contribution in [2.75, 3.05) is 18.0 Å². The molecule has 1 aliphatic heterocycles. The number of amides is 1. The molecule has 4 heterocycles. The van der Waals surface area contributed by atoms with Crippen molar-refractivity contribution in [1.29, 1.82) is 0 Å². The first kappa shape index (κ1) is 30.3. The minimum atomic E-state index is -0.600. The van der Waals surface area contributed by atoms with Crippen molar-refractivity contribution < 1.29 is 9.53 Å². The number of fused-ring (bicyclic) bond motifs is 2. The summed E-state index contributed by atoms with van der Waals surface area (Å²) in [6, 6.07) is -0.165. The Balaban J connectivity index is 1.53. The Bertz CT molecular complexity index is 1730. The molecule has 1 aliphatic carbocycles. The van der Waals surface area contributed by atoms with Gasteiger partial charge in [-0.1, -0.05) is 12.8 Å². The molecular formula is C31H42N8O4. The lowest BCUT2D eigenvalue weighted by Crippen LogP contribution is -2.49. The lowest BCUT2D eigenvalue weighted by molar-refractivity contribution is 0.0499. The van der Waals surface area contributed by atoms with Crippen molar-refractivity contribution in [3.63, 3.8) is 0 Å². The second-order valence-corrected chi connectivity index (χ2v) is 12.8. The van der Waals surface area contributed by atoms with Gasteiger partial charge in [0.15, 0.2) is 11.2 Å². The molecule has 12 nitrogen and oxygen atoms in total. The van der Waals surface area contributed by atoms with Crippen molar-refractivity contribution >= 4 is 23.2 Å². The van der Waals surface area contributed by atoms with E-state index in [9.17, 15) is 14.4 Å². The molecule has 0 aromatic carbocycles. The summed E-state index contributed by atoms with van der Waals surface area (Å²) in [4.78, 5) is 56.4. The van der Waals surface area contributed by atoms with Gasteiger partial charge in [-0.15, -0.1) is 5.92 Å². The van der Waals surface area contributed by atoms with Crippen LogP contribution in [0.2, 0.25) is 0 Å². The average Bonchev–Trinajstić information content (AvgIpc) is 3.31. The fourth-order valence-electron chi connectivity index (χ4n) is 6.05. The quantitative estimate of drug-likeness (QED) is 0.449. The number of ether oxygens (including phenoxy) is 1. The van der Waals surface area contributed by atoms with Gasteiger partial charge in [-0.3, -0.25) is 18.5 Å². The van der Waals surface area contributed by atoms with Crippen LogP contribution in [0.25, 0.3) is 11.2 Å². The predicted octanol–water partition coefficient (Wildman–Crippen LogP) is 2.69. The lowest BCUT2D eigenvalue weighted by Gasteiger charge is -2.34. The van der Waals surface area contributed by atoms with E-state index in [0.29, 0.717) is 36.3 Å². The molecule has 0 bridgehead atoms. The van der Waals surface area contributed by atoms with E-state index >= 15 is 0 Å². The highest BCUT2D eigenvalue weighted by molar-refractivity contribution is 5.75. The Kier molecular flexibility index (Phi) is 8.36. The first-order valence-electron chi connectivity index (χ1n) is 15.1. The van der Waals surface area contributed by atoms with Gasteiger partial charge < -0.3 is 15.0 Å². The summed E-state index contributed by atoms with van der Waals surface area (Å²) in [5.74, 6) is 7.49. The van der Waals surface area contributed by atoms with Crippen LogP contribution in [0.1, 0.15) is 76.7 Å². The molecule has 0 radical (unpaired) electrons. The zero-order valence-corrected chi connectivity index (χ0v) is 26.3. The fraction of sp³-hybridized carbons (Fsp3) is 0.613. The molecule has 3 aromatic rings. The number of piperidine rings is 1. The molecule has 3 aromatic heterocycles. The summed E-state index contributed by atoms with van der Waals surface area (Å²) in [7, 11) is 1.62. The molecule has 230 valence electrons. The Morgan fingerprint density at radius 3 is 2.63 bits per heavy atom. The monoisotopic (exact) mass is 590 g/mol. The normalized spacial score (nSPS) is 18.6. The summed E-state index contributed by atoms with van der Waals surface area (Å²) < 4.78 is 9.84. The molecule has 1 fully saturated rings. The van der Waals surface area contributed by atoms with E-state index in [1.165, 1.54) is 14.7 Å². The molecule has 2 aliphatic rings. The standard InChI is InChI=1S/C31H42N8O4/c1-8-9-15-38-25-26(35-28(38)37-14-10-11-21(17-37)33-29(41)43-31(4,5)6)36(7)30(42)39(27(25)40)18-24-32-20(3)22-13-12-19(2)16-23(22)34-24/h19,21H,10-18H2,1-7H3,(H,33,41)/t19?,21-/m1/s1. The Labute approximate surface area is 251 Å². The van der Waals surface area contributed by atoms with Crippen molar-refractivity contribution in [3.05, 3.63) is 43.6 Å². The van der Waals surface area contributed by atoms with Crippen LogP contribution in [0.3, 0.4) is 0 Å². The minimum absolute atomic E-state index is 0.0322. The summed E-state index contributed by atoms with van der Waals surface area (Å²) in [6.45, 7) is 12.8. The van der Waals surface area contributed by atoms with Crippen LogP contribution in [0.4, 0.5) is 10.7 Å². The highest BCUT2D eigenvalue weighted by Gasteiger charge is 2.29. The second kappa shape index (κ2) is 11.9. The van der Waals surface area contributed by atoms with E-state index in [1.54, 1.807) is 18.5 Å². The predicted molar refractivity (Wildman–Crippen MR) is 164 cm³/mol. The number of alkyl carbamates (subject to hydrolysis) is 1. The third-order valence-electron chi connectivity index (χ3n) is 8.13. The smallest absolute Gasteiger partial charge is 0.407 e. The number of nitrogens with one attached hydrogen (secondary N) is 1. The molecule has 1 saturated heterocycles. The SMILES string of the molecule is CC#CCn1c(N2CCC[C@@H](NC(=O)OC(C)(C)C)C2)nc2c1c(=O)n(Cc1nc(C)c3c(n1)CC(C)CC3)c(=O)n2C. The number of anilines is 1. The van der Waals surface area contributed by atoms with E-state index in [1.807, 2.05) is 32.6 Å². The van der Waals surface area contributed by atoms with Gasteiger partial charge in [0.05, 0.1) is 13.1 Å². The van der Waals surface area contributed by atoms with E-state index in [-0.39, 0.29) is 24.8 Å². The van der Waals surface area contributed by atoms with Crippen LogP contribution in [0, 0.1) is 24.7 Å². The molecule has 1 amide bonds. The van der Waals surface area contributed by atoms with Gasteiger partial charge in [-0.25, -0.2) is 19.6 Å². The number of hydrogen-bond donors (Lipinski definition) is 1. The third kappa shape index (κ3) is 6.31. The van der Waals surface area contributed by atoms with Crippen molar-refractivity contribution in [1.82, 2.24) is 34.0 Å². The number of carbonyl (C=O) groups excluding carboxylic acids is 1. The van der Waals surface area contributed by atoms with Crippen LogP contribution >= 0.6 is 0 Å². The Morgan fingerprint density at radius 2 is 1.91 bits per heavy atom. The maximum atomic E-state index is 14.0. The summed E-state index contributed by atoms with van der Waals surface area (Å²) in [6.07, 6.45) is 4.04. The number of aromatic nitrogens is 6. The molecule has 2 atom stereocenters. The number of carbonyl (C=O) groups is 1. The third-order valence-corrected chi connectivity index (χ3v) is 8.13. The van der Waals surface area contributed by atoms with E-state index in [4.69, 9.17) is 14.7 Å². The molecule has 1 N–H and O–H groups in total. The molecule has 43 heavy (non-hydrogen) atoms. The number of hydrogen-bond acceptors (Lipinski definition) is 8. The largest absolute Gasteiger partial charge is 0.444 e. The van der Waals surface area contributed by atoms with Crippen molar-refractivity contribution in [2.24, 2.45) is 13.0 Å². The second-order valence-electron chi connectivity index (χ2n) is 12.8. The average molecular weight is 591 g/mol. The first-order chi connectivity index (χ1) is 20.4. The van der Waals surface area contributed by atoms with Crippen LogP contribution < -0.4 is 21.5 Å². The Hall–Kier alpha value is -4.14. The highest BCUT2D eigenvalue weighted by Crippen LogP contribution is 2.26. The molecule has 1 unspecified atom stereocenters.